The van der Waals surface area contributed by atoms with Crippen molar-refractivity contribution >= 4 is 12.1 Å². The molecule has 0 unspecified atom stereocenters. The van der Waals surface area contributed by atoms with E-state index in [0.29, 0.717) is 13.0 Å². The molecule has 0 radical (unpaired) electrons. The molecule has 0 aliphatic rings. The lowest BCUT2D eigenvalue weighted by Crippen LogP contribution is -2.49. The molecular weight excluding hydrogens is 322 g/mol. The zero-order valence-electron chi connectivity index (χ0n) is 15.8. The van der Waals surface area contributed by atoms with Crippen molar-refractivity contribution in [2.24, 2.45) is 0 Å². The van der Waals surface area contributed by atoms with Gasteiger partial charge >= 0.3 is 12.1 Å². The van der Waals surface area contributed by atoms with Gasteiger partial charge in [0.25, 0.3) is 0 Å². The van der Waals surface area contributed by atoms with Crippen LogP contribution in [0.3, 0.4) is 0 Å². The van der Waals surface area contributed by atoms with Crippen molar-refractivity contribution in [3.8, 4) is 5.75 Å². The van der Waals surface area contributed by atoms with Crippen molar-refractivity contribution in [2.45, 2.75) is 58.6 Å². The molecule has 0 bridgehead atoms. The highest BCUT2D eigenvalue weighted by Gasteiger charge is 2.26. The molecule has 0 aromatic heterocycles. The summed E-state index contributed by atoms with van der Waals surface area (Å²) < 4.78 is 15.9. The fourth-order valence-corrected chi connectivity index (χ4v) is 1.87. The fraction of sp³-hybridized carbons (Fsp3) is 0.579. The molecule has 1 amide bonds. The molecule has 25 heavy (non-hydrogen) atoms. The summed E-state index contributed by atoms with van der Waals surface area (Å²) in [4.78, 5) is 23.6. The van der Waals surface area contributed by atoms with E-state index in [1.54, 1.807) is 34.6 Å². The third-order valence-electron chi connectivity index (χ3n) is 2.97. The van der Waals surface area contributed by atoms with Gasteiger partial charge in [-0.2, -0.15) is 0 Å². The van der Waals surface area contributed by atoms with Gasteiger partial charge < -0.3 is 19.5 Å². The van der Waals surface area contributed by atoms with Crippen LogP contribution in [0.1, 0.15) is 47.5 Å². The SMILES string of the molecule is CC(C)(COC(=O)CCCOc1ccccc1)NC(=O)OC(C)(C)C. The Labute approximate surface area is 149 Å². The van der Waals surface area contributed by atoms with Gasteiger partial charge in [-0.1, -0.05) is 18.2 Å². The summed E-state index contributed by atoms with van der Waals surface area (Å²) in [6.45, 7) is 9.42. The van der Waals surface area contributed by atoms with Gasteiger partial charge in [-0.05, 0) is 53.2 Å². The van der Waals surface area contributed by atoms with Crippen molar-refractivity contribution in [1.29, 1.82) is 0 Å². The Kier molecular flexibility index (Phi) is 7.74. The monoisotopic (exact) mass is 351 g/mol. The van der Waals surface area contributed by atoms with Crippen LogP contribution < -0.4 is 10.1 Å². The van der Waals surface area contributed by atoms with Gasteiger partial charge in [-0.25, -0.2) is 4.79 Å². The highest BCUT2D eigenvalue weighted by atomic mass is 16.6. The molecule has 1 aromatic rings. The Balaban J connectivity index is 2.22. The van der Waals surface area contributed by atoms with E-state index in [1.807, 2.05) is 30.3 Å². The summed E-state index contributed by atoms with van der Waals surface area (Å²) >= 11 is 0. The topological polar surface area (TPSA) is 73.9 Å². The molecule has 0 saturated heterocycles. The van der Waals surface area contributed by atoms with Crippen LogP contribution in [0.25, 0.3) is 0 Å². The van der Waals surface area contributed by atoms with E-state index in [2.05, 4.69) is 5.32 Å². The van der Waals surface area contributed by atoms with E-state index in [0.717, 1.165) is 5.75 Å². The second-order valence-corrected chi connectivity index (χ2v) is 7.44. The molecule has 1 rings (SSSR count). The molecule has 0 spiro atoms. The molecule has 6 nitrogen and oxygen atoms in total. The molecule has 6 heteroatoms. The number of carbonyl (C=O) groups is 2. The zero-order valence-corrected chi connectivity index (χ0v) is 15.8. The molecule has 0 heterocycles. The second kappa shape index (κ2) is 9.30. The van der Waals surface area contributed by atoms with E-state index in [1.165, 1.54) is 0 Å². The lowest BCUT2D eigenvalue weighted by molar-refractivity contribution is -0.145. The lowest BCUT2D eigenvalue weighted by Gasteiger charge is -2.28. The summed E-state index contributed by atoms with van der Waals surface area (Å²) in [6, 6.07) is 9.43. The average molecular weight is 351 g/mol. The summed E-state index contributed by atoms with van der Waals surface area (Å²) in [5.41, 5.74) is -1.28. The van der Waals surface area contributed by atoms with E-state index in [-0.39, 0.29) is 19.0 Å². The Morgan fingerprint density at radius 1 is 1.04 bits per heavy atom. The number of benzene rings is 1. The van der Waals surface area contributed by atoms with Crippen molar-refractivity contribution in [3.63, 3.8) is 0 Å². The number of para-hydroxylation sites is 1. The molecular formula is C19H29NO5. The number of amides is 1. The summed E-state index contributed by atoms with van der Waals surface area (Å²) in [7, 11) is 0. The lowest BCUT2D eigenvalue weighted by atomic mass is 10.1. The number of hydrogen-bond acceptors (Lipinski definition) is 5. The maximum atomic E-state index is 11.8. The molecule has 0 saturated carbocycles. The molecule has 0 aliphatic carbocycles. The van der Waals surface area contributed by atoms with Crippen LogP contribution in [0.5, 0.6) is 5.75 Å². The van der Waals surface area contributed by atoms with Gasteiger partial charge in [-0.3, -0.25) is 4.79 Å². The van der Waals surface area contributed by atoms with Crippen LogP contribution in [-0.2, 0) is 14.3 Å². The van der Waals surface area contributed by atoms with Gasteiger partial charge in [0.2, 0.25) is 0 Å². The Morgan fingerprint density at radius 2 is 1.68 bits per heavy atom. The normalized spacial score (nSPS) is 11.6. The van der Waals surface area contributed by atoms with Crippen molar-refractivity contribution in [2.75, 3.05) is 13.2 Å². The third-order valence-corrected chi connectivity index (χ3v) is 2.97. The van der Waals surface area contributed by atoms with Gasteiger partial charge in [0.15, 0.2) is 0 Å². The number of rotatable bonds is 8. The van der Waals surface area contributed by atoms with Crippen LogP contribution in [-0.4, -0.2) is 36.4 Å². The molecule has 0 aliphatic heterocycles. The first kappa shape index (κ1) is 20.8. The summed E-state index contributed by atoms with van der Waals surface area (Å²) in [5, 5.41) is 2.69. The second-order valence-electron chi connectivity index (χ2n) is 7.44. The molecule has 140 valence electrons. The highest BCUT2D eigenvalue weighted by Crippen LogP contribution is 2.11. The number of alkyl carbamates (subject to hydrolysis) is 1. The maximum Gasteiger partial charge on any atom is 0.408 e. The minimum absolute atomic E-state index is 0.0740. The number of nitrogens with one attached hydrogen (secondary N) is 1. The first-order valence-corrected chi connectivity index (χ1v) is 8.42. The Bertz CT molecular complexity index is 549. The van der Waals surface area contributed by atoms with Crippen molar-refractivity contribution in [1.82, 2.24) is 5.32 Å². The largest absolute Gasteiger partial charge is 0.494 e. The van der Waals surface area contributed by atoms with Gasteiger partial charge in [0.05, 0.1) is 12.1 Å². The first-order chi connectivity index (χ1) is 11.6. The zero-order chi connectivity index (χ0) is 18.9. The van der Waals surface area contributed by atoms with Crippen LogP contribution in [0.4, 0.5) is 4.79 Å². The van der Waals surface area contributed by atoms with Crippen LogP contribution in [0, 0.1) is 0 Å². The molecule has 1 N–H and O–H groups in total. The van der Waals surface area contributed by atoms with Gasteiger partial charge in [0.1, 0.15) is 18.0 Å². The number of esters is 1. The summed E-state index contributed by atoms with van der Waals surface area (Å²) in [5.74, 6) is 0.453. The van der Waals surface area contributed by atoms with Crippen LogP contribution in [0.2, 0.25) is 0 Å². The maximum absolute atomic E-state index is 11.8. The van der Waals surface area contributed by atoms with Crippen molar-refractivity contribution < 1.29 is 23.8 Å². The molecule has 0 fully saturated rings. The van der Waals surface area contributed by atoms with Gasteiger partial charge in [0, 0.05) is 6.42 Å². The predicted molar refractivity (Wildman–Crippen MR) is 95.6 cm³/mol. The smallest absolute Gasteiger partial charge is 0.408 e. The number of hydrogen-bond donors (Lipinski definition) is 1. The number of carbonyl (C=O) groups excluding carboxylic acids is 2. The average Bonchev–Trinajstić information content (AvgIpc) is 2.48. The Morgan fingerprint density at radius 3 is 2.28 bits per heavy atom. The van der Waals surface area contributed by atoms with E-state index in [9.17, 15) is 9.59 Å². The quantitative estimate of drug-likeness (QED) is 0.571. The Hall–Kier alpha value is -2.24. The molecule has 0 atom stereocenters. The fourth-order valence-electron chi connectivity index (χ4n) is 1.87. The van der Waals surface area contributed by atoms with Crippen molar-refractivity contribution in [3.05, 3.63) is 30.3 Å². The standard InChI is InChI=1S/C19H29NO5/c1-18(2,3)25-17(22)20-19(4,5)14-24-16(21)12-9-13-23-15-10-7-6-8-11-15/h6-8,10-11H,9,12-14H2,1-5H3,(H,20,22). The van der Waals surface area contributed by atoms with E-state index in [4.69, 9.17) is 14.2 Å². The van der Waals surface area contributed by atoms with Crippen LogP contribution in [0.15, 0.2) is 30.3 Å². The van der Waals surface area contributed by atoms with E-state index < -0.39 is 17.2 Å². The minimum atomic E-state index is -0.710. The predicted octanol–water partition coefficient (Wildman–Crippen LogP) is 3.69. The van der Waals surface area contributed by atoms with E-state index >= 15 is 0 Å². The highest BCUT2D eigenvalue weighted by molar-refractivity contribution is 5.70. The first-order valence-electron chi connectivity index (χ1n) is 8.42. The van der Waals surface area contributed by atoms with Crippen LogP contribution >= 0.6 is 0 Å². The molecule has 1 aromatic carbocycles. The van der Waals surface area contributed by atoms with Gasteiger partial charge in [-0.15, -0.1) is 0 Å². The minimum Gasteiger partial charge on any atom is -0.494 e. The summed E-state index contributed by atoms with van der Waals surface area (Å²) in [6.07, 6.45) is 0.285. The third kappa shape index (κ3) is 10.3. The number of ether oxygens (including phenoxy) is 3.